The van der Waals surface area contributed by atoms with Gasteiger partial charge in [-0.2, -0.15) is 0 Å². The quantitative estimate of drug-likeness (QED) is 0.614. The lowest BCUT2D eigenvalue weighted by atomic mass is 10.4. The number of rotatable bonds is 5. The molecule has 0 aromatic heterocycles. The lowest BCUT2D eigenvalue weighted by Crippen LogP contribution is -1.79. The lowest BCUT2D eigenvalue weighted by molar-refractivity contribution is 1.41. The van der Waals surface area contributed by atoms with Crippen LogP contribution in [0.2, 0.25) is 0 Å². The molecule has 0 radical (unpaired) electrons. The second-order valence-electron chi connectivity index (χ2n) is 2.70. The Kier molecular flexibility index (Phi) is 7.82. The summed E-state index contributed by atoms with van der Waals surface area (Å²) in [5.41, 5.74) is 1.47. The summed E-state index contributed by atoms with van der Waals surface area (Å²) in [6.07, 6.45) is 4.86. The molecule has 0 rings (SSSR count). The molecule has 0 aliphatic rings. The van der Waals surface area contributed by atoms with Gasteiger partial charge in [-0.25, -0.2) is 0 Å². The Labute approximate surface area is 86.5 Å². The highest BCUT2D eigenvalue weighted by molar-refractivity contribution is 8.61. The predicted molar refractivity (Wildman–Crippen MR) is 67.5 cm³/mol. The van der Waals surface area contributed by atoms with Gasteiger partial charge in [-0.15, -0.1) is 11.8 Å². The van der Waals surface area contributed by atoms with Crippen molar-refractivity contribution < 1.29 is 0 Å². The van der Waals surface area contributed by atoms with E-state index >= 15 is 0 Å². The Bertz CT molecular complexity index is 147. The molecule has 72 valence electrons. The summed E-state index contributed by atoms with van der Waals surface area (Å²) in [7, 11) is 0.204. The highest BCUT2D eigenvalue weighted by Crippen LogP contribution is 2.55. The van der Waals surface area contributed by atoms with E-state index in [4.69, 9.17) is 0 Å². The molecule has 3 heteroatoms. The molecule has 0 nitrogen and oxygen atoms in total. The van der Waals surface area contributed by atoms with E-state index in [0.717, 1.165) is 0 Å². The summed E-state index contributed by atoms with van der Waals surface area (Å²) in [4.78, 5) is 0. The molecule has 0 aliphatic carbocycles. The molecule has 0 spiro atoms. The van der Waals surface area contributed by atoms with Crippen LogP contribution in [0.15, 0.2) is 9.81 Å². The van der Waals surface area contributed by atoms with Crippen molar-refractivity contribution in [2.45, 2.75) is 27.7 Å². The standard InChI is InChI=1S/C9H19PS2/c1-6-10(7-2)12-9(11-5)8(3)4/h6-7H2,1-5H3. The molecule has 0 aromatic rings. The van der Waals surface area contributed by atoms with Crippen LogP contribution < -0.4 is 0 Å². The summed E-state index contributed by atoms with van der Waals surface area (Å²) in [5, 5.41) is 0. The minimum absolute atomic E-state index is 0.204. The first kappa shape index (κ1) is 12.9. The van der Waals surface area contributed by atoms with E-state index < -0.39 is 0 Å². The monoisotopic (exact) mass is 222 g/mol. The third kappa shape index (κ3) is 4.79. The first-order valence-electron chi connectivity index (χ1n) is 4.30. The molecular weight excluding hydrogens is 203 g/mol. The topological polar surface area (TPSA) is 0 Å². The molecule has 0 amide bonds. The van der Waals surface area contributed by atoms with Crippen LogP contribution >= 0.6 is 30.3 Å². The molecule has 0 unspecified atom stereocenters. The van der Waals surface area contributed by atoms with E-state index in [9.17, 15) is 0 Å². The summed E-state index contributed by atoms with van der Waals surface area (Å²) in [6.45, 7) is 9.01. The predicted octanol–water partition coefficient (Wildman–Crippen LogP) is 4.77. The van der Waals surface area contributed by atoms with Crippen molar-refractivity contribution in [2.24, 2.45) is 0 Å². The third-order valence-electron chi connectivity index (χ3n) is 1.51. The zero-order valence-corrected chi connectivity index (χ0v) is 11.2. The van der Waals surface area contributed by atoms with E-state index in [0.29, 0.717) is 0 Å². The largest absolute Gasteiger partial charge is 0.122 e. The van der Waals surface area contributed by atoms with Gasteiger partial charge in [-0.1, -0.05) is 30.8 Å². The first-order valence-corrected chi connectivity index (χ1v) is 8.65. The fraction of sp³-hybridized carbons (Fsp3) is 0.778. The minimum Gasteiger partial charge on any atom is -0.122 e. The maximum atomic E-state index is 2.30. The van der Waals surface area contributed by atoms with Crippen LogP contribution in [0.3, 0.4) is 0 Å². The fourth-order valence-electron chi connectivity index (χ4n) is 0.803. The number of hydrogen-bond acceptors (Lipinski definition) is 2. The van der Waals surface area contributed by atoms with Crippen molar-refractivity contribution in [3.05, 3.63) is 9.81 Å². The van der Waals surface area contributed by atoms with Crippen LogP contribution in [0.25, 0.3) is 0 Å². The third-order valence-corrected chi connectivity index (χ3v) is 8.53. The molecule has 0 atom stereocenters. The maximum Gasteiger partial charge on any atom is 0.0427 e. The van der Waals surface area contributed by atoms with Gasteiger partial charge in [0.25, 0.3) is 0 Å². The molecule has 0 N–H and O–H groups in total. The van der Waals surface area contributed by atoms with Gasteiger partial charge in [0.1, 0.15) is 0 Å². The van der Waals surface area contributed by atoms with Crippen LogP contribution in [-0.2, 0) is 0 Å². The van der Waals surface area contributed by atoms with Crippen molar-refractivity contribution in [1.82, 2.24) is 0 Å². The van der Waals surface area contributed by atoms with Crippen molar-refractivity contribution in [2.75, 3.05) is 18.6 Å². The highest BCUT2D eigenvalue weighted by Gasteiger charge is 2.07. The molecular formula is C9H19PS2. The smallest absolute Gasteiger partial charge is 0.0427 e. The molecule has 0 aromatic carbocycles. The highest BCUT2D eigenvalue weighted by atomic mass is 32.7. The van der Waals surface area contributed by atoms with E-state index in [1.807, 2.05) is 11.8 Å². The minimum atomic E-state index is 0.204. The second kappa shape index (κ2) is 7.29. The summed E-state index contributed by atoms with van der Waals surface area (Å²) in [5.74, 6) is 0. The van der Waals surface area contributed by atoms with E-state index in [1.54, 1.807) is 0 Å². The van der Waals surface area contributed by atoms with Crippen molar-refractivity contribution in [3.8, 4) is 0 Å². The first-order chi connectivity index (χ1) is 5.65. The summed E-state index contributed by atoms with van der Waals surface area (Å²) in [6, 6.07) is 0. The van der Waals surface area contributed by atoms with Crippen LogP contribution in [0.4, 0.5) is 0 Å². The normalized spacial score (nSPS) is 10.5. The number of thioether (sulfide) groups is 1. The molecule has 0 fully saturated rings. The van der Waals surface area contributed by atoms with Gasteiger partial charge in [0.15, 0.2) is 0 Å². The van der Waals surface area contributed by atoms with Gasteiger partial charge in [-0.3, -0.25) is 0 Å². The summed E-state index contributed by atoms with van der Waals surface area (Å²) < 4.78 is 1.53. The van der Waals surface area contributed by atoms with E-state index in [2.05, 4.69) is 45.3 Å². The average Bonchev–Trinajstić information content (AvgIpc) is 2.06. The SMILES string of the molecule is CCP(CC)SC(SC)=C(C)C. The van der Waals surface area contributed by atoms with Gasteiger partial charge >= 0.3 is 0 Å². The molecule has 0 saturated carbocycles. The van der Waals surface area contributed by atoms with Crippen LogP contribution in [-0.4, -0.2) is 18.6 Å². The van der Waals surface area contributed by atoms with Crippen LogP contribution in [0.1, 0.15) is 27.7 Å². The Hall–Kier alpha value is 0.870. The van der Waals surface area contributed by atoms with Gasteiger partial charge in [0.2, 0.25) is 0 Å². The molecule has 12 heavy (non-hydrogen) atoms. The Morgan fingerprint density at radius 1 is 1.17 bits per heavy atom. The Morgan fingerprint density at radius 3 is 1.92 bits per heavy atom. The fourth-order valence-corrected chi connectivity index (χ4v) is 6.28. The number of hydrogen-bond donors (Lipinski definition) is 0. The Morgan fingerprint density at radius 2 is 1.67 bits per heavy atom. The van der Waals surface area contributed by atoms with Crippen LogP contribution in [0, 0.1) is 0 Å². The molecule has 0 bridgehead atoms. The van der Waals surface area contributed by atoms with Crippen LogP contribution in [0.5, 0.6) is 0 Å². The second-order valence-corrected chi connectivity index (χ2v) is 8.69. The lowest BCUT2D eigenvalue weighted by Gasteiger charge is -2.14. The number of allylic oxidation sites excluding steroid dienone is 1. The van der Waals surface area contributed by atoms with Crippen molar-refractivity contribution in [1.29, 1.82) is 0 Å². The Balaban J connectivity index is 4.10. The van der Waals surface area contributed by atoms with Gasteiger partial charge in [0, 0.05) is 4.24 Å². The van der Waals surface area contributed by atoms with Gasteiger partial charge < -0.3 is 0 Å². The summed E-state index contributed by atoms with van der Waals surface area (Å²) >= 11 is 4.00. The van der Waals surface area contributed by atoms with Gasteiger partial charge in [0.05, 0.1) is 0 Å². The zero-order valence-electron chi connectivity index (χ0n) is 8.68. The van der Waals surface area contributed by atoms with E-state index in [1.165, 1.54) is 22.1 Å². The van der Waals surface area contributed by atoms with Gasteiger partial charge in [-0.05, 0) is 39.6 Å². The van der Waals surface area contributed by atoms with E-state index in [-0.39, 0.29) is 7.12 Å². The zero-order chi connectivity index (χ0) is 9.56. The molecule has 0 aliphatic heterocycles. The van der Waals surface area contributed by atoms with Crippen molar-refractivity contribution >= 4 is 30.3 Å². The van der Waals surface area contributed by atoms with Crippen molar-refractivity contribution in [3.63, 3.8) is 0 Å². The molecule has 0 heterocycles. The average molecular weight is 222 g/mol. The maximum absolute atomic E-state index is 2.30. The molecule has 0 saturated heterocycles.